The van der Waals surface area contributed by atoms with Gasteiger partial charge in [0.15, 0.2) is 11.5 Å². The minimum absolute atomic E-state index is 0.00964. The van der Waals surface area contributed by atoms with Gasteiger partial charge in [0.2, 0.25) is 17.7 Å². The molecular formula is C44H58N4O8Si. The number of methoxy groups -OCH3 is 2. The third kappa shape index (κ3) is 9.53. The Balaban J connectivity index is 1.83. The van der Waals surface area contributed by atoms with Crippen LogP contribution in [0.2, 0.25) is 18.1 Å². The average molecular weight is 799 g/mol. The van der Waals surface area contributed by atoms with Crippen LogP contribution in [0.15, 0.2) is 60.7 Å². The summed E-state index contributed by atoms with van der Waals surface area (Å²) in [5.41, 5.74) is 3.74. The first-order valence-corrected chi connectivity index (χ1v) is 22.4. The van der Waals surface area contributed by atoms with E-state index in [1.165, 1.54) is 0 Å². The molecule has 57 heavy (non-hydrogen) atoms. The van der Waals surface area contributed by atoms with Gasteiger partial charge in [0.25, 0.3) is 0 Å². The lowest BCUT2D eigenvalue weighted by atomic mass is 9.95. The van der Waals surface area contributed by atoms with Gasteiger partial charge in [-0.15, -0.1) is 0 Å². The number of alkyl carbamates (subject to hydrolysis) is 1. The Hall–Kier alpha value is -5.14. The molecule has 0 aliphatic carbocycles. The molecule has 2 heterocycles. The number of nitrogens with one attached hydrogen (secondary N) is 3. The van der Waals surface area contributed by atoms with Crippen LogP contribution in [0.25, 0.3) is 22.0 Å². The Labute approximate surface area is 337 Å². The maximum atomic E-state index is 14.2. The van der Waals surface area contributed by atoms with Crippen molar-refractivity contribution in [2.24, 2.45) is 0 Å². The lowest BCUT2D eigenvalue weighted by Gasteiger charge is -2.31. The van der Waals surface area contributed by atoms with E-state index in [9.17, 15) is 19.2 Å². The number of carbonyl (C=O) groups excluding carboxylic acids is 4. The molecule has 1 aliphatic heterocycles. The molecule has 4 aromatic rings. The molecule has 5 rings (SSSR count). The fraction of sp³-hybridized carbons (Fsp3) is 0.455. The van der Waals surface area contributed by atoms with E-state index in [-0.39, 0.29) is 37.8 Å². The van der Waals surface area contributed by atoms with E-state index >= 15 is 0 Å². The summed E-state index contributed by atoms with van der Waals surface area (Å²) in [5, 5.41) is 10.6. The molecule has 0 saturated heterocycles. The molecule has 0 spiro atoms. The molecule has 3 amide bonds. The predicted molar refractivity (Wildman–Crippen MR) is 225 cm³/mol. The standard InChI is InChI=1S/C44H58N4O8Si/c1-10-57(11-2,12-3)42-34-25-35(47-43(52)56-44(5,6)7)41(51)45-22-21-38(50)46-36(27-55-26-29-17-14-13-15-18-29)30-23-33(40(54-9)37(24-30)53-8)31-19-16-20-32(34)39(31)48(42)28(4)49/h13-20,23-24,35-36H,10-12,21-22,25-27H2,1-9H3,(H,45,51)(H,46,50)(H,47,52)/t35-,36+/m1/s1. The molecule has 0 fully saturated rings. The molecule has 12 nitrogen and oxygen atoms in total. The summed E-state index contributed by atoms with van der Waals surface area (Å²) in [5.74, 6) is -0.0476. The molecule has 1 aromatic heterocycles. The molecule has 6 bridgehead atoms. The number of hydrogen-bond donors (Lipinski definition) is 3. The van der Waals surface area contributed by atoms with Gasteiger partial charge in [-0.3, -0.25) is 19.0 Å². The van der Waals surface area contributed by atoms with Crippen molar-refractivity contribution in [2.45, 2.75) is 104 Å². The Morgan fingerprint density at radius 2 is 1.63 bits per heavy atom. The van der Waals surface area contributed by atoms with Crippen molar-refractivity contribution in [3.05, 3.63) is 77.4 Å². The van der Waals surface area contributed by atoms with Gasteiger partial charge in [0.1, 0.15) is 19.7 Å². The molecule has 0 unspecified atom stereocenters. The molecule has 0 saturated carbocycles. The summed E-state index contributed by atoms with van der Waals surface area (Å²) < 4.78 is 25.7. The second-order valence-corrected chi connectivity index (χ2v) is 20.7. The molecule has 3 N–H and O–H groups in total. The number of ether oxygens (including phenoxy) is 4. The number of nitrogens with zero attached hydrogens (tertiary/aromatic N) is 1. The fourth-order valence-electron chi connectivity index (χ4n) is 7.98. The van der Waals surface area contributed by atoms with Gasteiger partial charge in [0, 0.05) is 48.1 Å². The van der Waals surface area contributed by atoms with Gasteiger partial charge in [-0.1, -0.05) is 87.4 Å². The fourth-order valence-corrected chi connectivity index (χ4v) is 12.1. The Bertz CT molecular complexity index is 2080. The molecule has 2 atom stereocenters. The number of benzene rings is 3. The molecular weight excluding hydrogens is 741 g/mol. The lowest BCUT2D eigenvalue weighted by Crippen LogP contribution is -2.54. The zero-order chi connectivity index (χ0) is 41.5. The maximum absolute atomic E-state index is 14.2. The highest BCUT2D eigenvalue weighted by Gasteiger charge is 2.40. The van der Waals surface area contributed by atoms with E-state index in [1.54, 1.807) is 41.9 Å². The van der Waals surface area contributed by atoms with Crippen LogP contribution in [0.1, 0.15) is 82.4 Å². The van der Waals surface area contributed by atoms with E-state index in [0.717, 1.165) is 40.0 Å². The zero-order valence-corrected chi connectivity index (χ0v) is 35.8. The Kier molecular flexibility index (Phi) is 13.9. The highest BCUT2D eigenvalue weighted by atomic mass is 28.3. The second-order valence-electron chi connectivity index (χ2n) is 15.6. The summed E-state index contributed by atoms with van der Waals surface area (Å²) in [7, 11) is 0.711. The zero-order valence-electron chi connectivity index (χ0n) is 34.8. The highest BCUT2D eigenvalue weighted by Crippen LogP contribution is 2.44. The summed E-state index contributed by atoms with van der Waals surface area (Å²) in [6.45, 7) is 13.8. The highest BCUT2D eigenvalue weighted by molar-refractivity contribution is 6.92. The van der Waals surface area contributed by atoms with Gasteiger partial charge >= 0.3 is 6.09 Å². The van der Waals surface area contributed by atoms with Crippen LogP contribution >= 0.6 is 0 Å². The minimum Gasteiger partial charge on any atom is -0.493 e. The van der Waals surface area contributed by atoms with Gasteiger partial charge in [-0.25, -0.2) is 4.79 Å². The number of amides is 3. The third-order valence-electron chi connectivity index (χ3n) is 10.9. The van der Waals surface area contributed by atoms with Crippen molar-refractivity contribution in [3.8, 4) is 22.6 Å². The first-order chi connectivity index (χ1) is 27.2. The van der Waals surface area contributed by atoms with E-state index < -0.39 is 37.8 Å². The quantitative estimate of drug-likeness (QED) is 0.137. The van der Waals surface area contributed by atoms with Crippen LogP contribution in [0, 0.1) is 0 Å². The third-order valence-corrected chi connectivity index (χ3v) is 16.5. The van der Waals surface area contributed by atoms with E-state index in [2.05, 4.69) is 36.7 Å². The number of carbonyl (C=O) groups is 4. The molecule has 1 aliphatic rings. The van der Waals surface area contributed by atoms with Crippen LogP contribution < -0.4 is 30.7 Å². The normalized spacial score (nSPS) is 16.5. The second kappa shape index (κ2) is 18.4. The van der Waals surface area contributed by atoms with E-state index in [1.807, 2.05) is 65.2 Å². The number of hydrogen-bond acceptors (Lipinski definition) is 8. The van der Waals surface area contributed by atoms with Gasteiger partial charge in [0.05, 0.1) is 39.0 Å². The maximum Gasteiger partial charge on any atom is 0.408 e. The summed E-state index contributed by atoms with van der Waals surface area (Å²) >= 11 is 0. The van der Waals surface area contributed by atoms with Gasteiger partial charge < -0.3 is 34.9 Å². The van der Waals surface area contributed by atoms with E-state index in [0.29, 0.717) is 40.3 Å². The predicted octanol–water partition coefficient (Wildman–Crippen LogP) is 7.03. The van der Waals surface area contributed by atoms with Gasteiger partial charge in [-0.2, -0.15) is 0 Å². The van der Waals surface area contributed by atoms with Crippen molar-refractivity contribution in [3.63, 3.8) is 0 Å². The summed E-state index contributed by atoms with van der Waals surface area (Å²) in [6.07, 6.45) is -0.694. The SMILES string of the molecule is CC[Si](CC)(CC)c1c2c3cccc(c3n1C(C)=O)-c1cc(cc(OC)c1OC)[C@H](COCc1ccccc1)NC(=O)CCNC(=O)[C@H](NC(=O)OC(C)(C)C)C2. The Morgan fingerprint density at radius 3 is 2.25 bits per heavy atom. The smallest absolute Gasteiger partial charge is 0.408 e. The first-order valence-electron chi connectivity index (χ1n) is 19.8. The van der Waals surface area contributed by atoms with Crippen molar-refractivity contribution in [1.29, 1.82) is 0 Å². The van der Waals surface area contributed by atoms with Crippen molar-refractivity contribution >= 4 is 48.1 Å². The topological polar surface area (TPSA) is 146 Å². The van der Waals surface area contributed by atoms with Crippen LogP contribution in [0.4, 0.5) is 4.79 Å². The number of rotatable bonds is 11. The average Bonchev–Trinajstić information content (AvgIpc) is 3.51. The molecule has 306 valence electrons. The number of aromatic nitrogens is 1. The van der Waals surface area contributed by atoms with E-state index in [4.69, 9.17) is 18.9 Å². The van der Waals surface area contributed by atoms with Crippen molar-refractivity contribution < 1.29 is 38.1 Å². The first kappa shape index (κ1) is 43.0. The molecule has 0 radical (unpaired) electrons. The molecule has 3 aromatic carbocycles. The van der Waals surface area contributed by atoms with Gasteiger partial charge in [-0.05, 0) is 49.6 Å². The summed E-state index contributed by atoms with van der Waals surface area (Å²) in [4.78, 5) is 55.3. The monoisotopic (exact) mass is 798 g/mol. The summed E-state index contributed by atoms with van der Waals surface area (Å²) in [6, 6.07) is 20.3. The minimum atomic E-state index is -2.43. The molecule has 13 heteroatoms. The lowest BCUT2D eigenvalue weighted by molar-refractivity contribution is -0.124. The number of fused-ring (bicyclic) bond motifs is 3. The van der Waals surface area contributed by atoms with Crippen LogP contribution in [-0.2, 0) is 32.1 Å². The van der Waals surface area contributed by atoms with Crippen molar-refractivity contribution in [1.82, 2.24) is 20.5 Å². The van der Waals surface area contributed by atoms with Crippen molar-refractivity contribution in [2.75, 3.05) is 27.4 Å². The van der Waals surface area contributed by atoms with Crippen LogP contribution in [-0.4, -0.2) is 75.5 Å². The largest absolute Gasteiger partial charge is 0.493 e. The van der Waals surface area contributed by atoms with Crippen LogP contribution in [0.5, 0.6) is 11.5 Å². The Morgan fingerprint density at radius 1 is 0.930 bits per heavy atom. The number of para-hydroxylation sites is 1. The van der Waals surface area contributed by atoms with Crippen LogP contribution in [0.3, 0.4) is 0 Å².